The largest absolute Gasteiger partial charge is 0.340 e. The van der Waals surface area contributed by atoms with E-state index in [-0.39, 0.29) is 18.3 Å². The fourth-order valence-electron chi connectivity index (χ4n) is 5.71. The van der Waals surface area contributed by atoms with Gasteiger partial charge >= 0.3 is 0 Å². The van der Waals surface area contributed by atoms with Gasteiger partial charge in [0.25, 0.3) is 11.8 Å². The van der Waals surface area contributed by atoms with E-state index in [2.05, 4.69) is 20.3 Å². The number of halogens is 1. The van der Waals surface area contributed by atoms with E-state index in [1.807, 2.05) is 0 Å². The summed E-state index contributed by atoms with van der Waals surface area (Å²) in [5, 5.41) is 4.28. The Bertz CT molecular complexity index is 1500. The van der Waals surface area contributed by atoms with Crippen molar-refractivity contribution in [2.24, 2.45) is 0 Å². The molecule has 2 amide bonds. The standard InChI is InChI=1S/C27H30ClN5O6S/c1-16-29-23(30-39-16)15-38-31-26(34)24-19-7-3-4-8-20(19)27(35)33(25(24)17-11-13-18(28)14-12-17)22-10-6-5-9-21(22)32-40(2,36)37/h3-4,7-8,11-14,21-22,24-25,32H,5-6,9-10,15H2,1-2H3,(H,31,34)/t21-,22-,24+,25-/m0/s1. The van der Waals surface area contributed by atoms with Crippen LogP contribution in [0.1, 0.15) is 70.8 Å². The van der Waals surface area contributed by atoms with Crippen molar-refractivity contribution < 1.29 is 27.4 Å². The van der Waals surface area contributed by atoms with Crippen molar-refractivity contribution in [2.45, 2.75) is 63.3 Å². The highest BCUT2D eigenvalue weighted by molar-refractivity contribution is 7.88. The summed E-state index contributed by atoms with van der Waals surface area (Å²) in [6.45, 7) is 1.53. The molecule has 2 aliphatic rings. The molecule has 13 heteroatoms. The van der Waals surface area contributed by atoms with E-state index in [9.17, 15) is 18.0 Å². The Morgan fingerprint density at radius 3 is 2.58 bits per heavy atom. The lowest BCUT2D eigenvalue weighted by Gasteiger charge is -2.49. The molecule has 2 heterocycles. The third kappa shape index (κ3) is 6.04. The third-order valence-electron chi connectivity index (χ3n) is 7.27. The molecule has 0 saturated heterocycles. The van der Waals surface area contributed by atoms with E-state index in [1.54, 1.807) is 60.4 Å². The summed E-state index contributed by atoms with van der Waals surface area (Å²) in [5.74, 6) is -0.982. The lowest BCUT2D eigenvalue weighted by atomic mass is 9.76. The SMILES string of the molecule is Cc1nc(CONC(=O)[C@@H]2c3ccccc3C(=O)N([C@H]3CCCC[C@@H]3NS(C)(=O)=O)[C@H]2c2ccc(Cl)cc2)no1. The van der Waals surface area contributed by atoms with Crippen LogP contribution in [0.25, 0.3) is 0 Å². The molecule has 11 nitrogen and oxygen atoms in total. The predicted molar refractivity (Wildman–Crippen MR) is 146 cm³/mol. The molecule has 5 rings (SSSR count). The van der Waals surface area contributed by atoms with Crippen molar-refractivity contribution >= 4 is 33.4 Å². The molecule has 3 aromatic rings. The Balaban J connectivity index is 1.57. The molecule has 1 fully saturated rings. The fraction of sp³-hybridized carbons (Fsp3) is 0.407. The normalized spacial score (nSPS) is 23.1. The molecule has 0 bridgehead atoms. The molecular weight excluding hydrogens is 558 g/mol. The Labute approximate surface area is 237 Å². The topological polar surface area (TPSA) is 144 Å². The van der Waals surface area contributed by atoms with Gasteiger partial charge in [0.15, 0.2) is 5.82 Å². The average Bonchev–Trinajstić information content (AvgIpc) is 3.33. The van der Waals surface area contributed by atoms with Crippen molar-refractivity contribution in [3.05, 3.63) is 82.0 Å². The first-order chi connectivity index (χ1) is 19.1. The summed E-state index contributed by atoms with van der Waals surface area (Å²) in [5.41, 5.74) is 4.12. The zero-order chi connectivity index (χ0) is 28.4. The summed E-state index contributed by atoms with van der Waals surface area (Å²) in [6.07, 6.45) is 3.89. The number of rotatable bonds is 8. The Morgan fingerprint density at radius 2 is 1.88 bits per heavy atom. The number of carbonyl (C=O) groups is 2. The zero-order valence-electron chi connectivity index (χ0n) is 22.0. The first kappa shape index (κ1) is 28.2. The van der Waals surface area contributed by atoms with Crippen LogP contribution in [-0.2, 0) is 26.3 Å². The number of aryl methyl sites for hydroxylation is 1. The van der Waals surface area contributed by atoms with Gasteiger partial charge in [0, 0.05) is 29.6 Å². The molecule has 40 heavy (non-hydrogen) atoms. The molecule has 0 radical (unpaired) electrons. The smallest absolute Gasteiger partial charge is 0.255 e. The summed E-state index contributed by atoms with van der Waals surface area (Å²) in [7, 11) is -3.55. The van der Waals surface area contributed by atoms with Crippen LogP contribution in [0.3, 0.4) is 0 Å². The van der Waals surface area contributed by atoms with E-state index < -0.39 is 40.0 Å². The maximum absolute atomic E-state index is 14.2. The highest BCUT2D eigenvalue weighted by atomic mass is 35.5. The molecule has 1 aliphatic carbocycles. The molecular formula is C27H30ClN5O6S. The lowest BCUT2D eigenvalue weighted by molar-refractivity contribution is -0.138. The van der Waals surface area contributed by atoms with E-state index in [0.29, 0.717) is 40.4 Å². The van der Waals surface area contributed by atoms with Crippen LogP contribution in [0.5, 0.6) is 0 Å². The Morgan fingerprint density at radius 1 is 1.15 bits per heavy atom. The van der Waals surface area contributed by atoms with Gasteiger partial charge in [0.1, 0.15) is 6.61 Å². The van der Waals surface area contributed by atoms with Crippen LogP contribution < -0.4 is 10.2 Å². The average molecular weight is 588 g/mol. The van der Waals surface area contributed by atoms with Gasteiger partial charge in [-0.1, -0.05) is 59.9 Å². The van der Waals surface area contributed by atoms with Crippen LogP contribution in [-0.4, -0.2) is 53.6 Å². The number of hydroxylamine groups is 1. The number of sulfonamides is 1. The third-order valence-corrected chi connectivity index (χ3v) is 8.25. The van der Waals surface area contributed by atoms with Crippen molar-refractivity contribution in [1.82, 2.24) is 25.2 Å². The number of hydrogen-bond acceptors (Lipinski definition) is 8. The van der Waals surface area contributed by atoms with Gasteiger partial charge in [-0.05, 0) is 42.2 Å². The second-order valence-corrected chi connectivity index (χ2v) is 12.3. The van der Waals surface area contributed by atoms with E-state index >= 15 is 0 Å². The minimum absolute atomic E-state index is 0.116. The minimum Gasteiger partial charge on any atom is -0.340 e. The van der Waals surface area contributed by atoms with Gasteiger partial charge in [0.05, 0.1) is 18.2 Å². The van der Waals surface area contributed by atoms with Gasteiger partial charge < -0.3 is 9.42 Å². The van der Waals surface area contributed by atoms with Gasteiger partial charge in [-0.15, -0.1) is 0 Å². The number of aromatic nitrogens is 2. The monoisotopic (exact) mass is 587 g/mol. The quantitative estimate of drug-likeness (QED) is 0.382. The number of nitrogens with one attached hydrogen (secondary N) is 2. The number of fused-ring (bicyclic) bond motifs is 1. The highest BCUT2D eigenvalue weighted by Gasteiger charge is 2.49. The maximum atomic E-state index is 14.2. The summed E-state index contributed by atoms with van der Waals surface area (Å²) in [4.78, 5) is 39.3. The predicted octanol–water partition coefficient (Wildman–Crippen LogP) is 3.42. The van der Waals surface area contributed by atoms with E-state index in [4.69, 9.17) is 21.0 Å². The molecule has 4 atom stereocenters. The van der Waals surface area contributed by atoms with Crippen LogP contribution in [0, 0.1) is 6.92 Å². The number of amides is 2. The maximum Gasteiger partial charge on any atom is 0.255 e. The zero-order valence-corrected chi connectivity index (χ0v) is 23.6. The van der Waals surface area contributed by atoms with Crippen molar-refractivity contribution in [3.8, 4) is 0 Å². The number of carbonyl (C=O) groups excluding carboxylic acids is 2. The first-order valence-corrected chi connectivity index (χ1v) is 15.2. The van der Waals surface area contributed by atoms with Gasteiger partial charge in [-0.25, -0.2) is 18.6 Å². The number of hydrogen-bond donors (Lipinski definition) is 2. The van der Waals surface area contributed by atoms with Gasteiger partial charge in [-0.2, -0.15) is 4.98 Å². The van der Waals surface area contributed by atoms with Crippen LogP contribution in [0.15, 0.2) is 53.1 Å². The summed E-state index contributed by atoms with van der Waals surface area (Å²) >= 11 is 6.19. The van der Waals surface area contributed by atoms with Crippen LogP contribution >= 0.6 is 11.6 Å². The molecule has 1 aromatic heterocycles. The van der Waals surface area contributed by atoms with Gasteiger partial charge in [-0.3, -0.25) is 14.4 Å². The Kier molecular flexibility index (Phi) is 8.22. The van der Waals surface area contributed by atoms with Crippen molar-refractivity contribution in [3.63, 3.8) is 0 Å². The van der Waals surface area contributed by atoms with Gasteiger partial charge in [0.2, 0.25) is 15.9 Å². The summed E-state index contributed by atoms with van der Waals surface area (Å²) in [6, 6.07) is 12.2. The van der Waals surface area contributed by atoms with E-state index in [1.165, 1.54) is 0 Å². The minimum atomic E-state index is -3.55. The fourth-order valence-corrected chi connectivity index (χ4v) is 6.66. The molecule has 0 spiro atoms. The molecule has 212 valence electrons. The number of nitrogens with zero attached hydrogens (tertiary/aromatic N) is 3. The van der Waals surface area contributed by atoms with Crippen molar-refractivity contribution in [1.29, 1.82) is 0 Å². The molecule has 1 saturated carbocycles. The van der Waals surface area contributed by atoms with Crippen molar-refractivity contribution in [2.75, 3.05) is 6.26 Å². The second-order valence-electron chi connectivity index (χ2n) is 10.1. The lowest BCUT2D eigenvalue weighted by Crippen LogP contribution is -2.59. The number of benzene rings is 2. The Hall–Kier alpha value is -3.32. The second kappa shape index (κ2) is 11.7. The molecule has 0 unspecified atom stereocenters. The molecule has 1 aliphatic heterocycles. The summed E-state index contributed by atoms with van der Waals surface area (Å²) < 4.78 is 32.2. The van der Waals surface area contributed by atoms with Crippen LogP contribution in [0.2, 0.25) is 5.02 Å². The first-order valence-electron chi connectivity index (χ1n) is 13.0. The highest BCUT2D eigenvalue weighted by Crippen LogP contribution is 2.46. The molecule has 2 aromatic carbocycles. The molecule has 2 N–H and O–H groups in total. The van der Waals surface area contributed by atoms with E-state index in [0.717, 1.165) is 19.1 Å². The van der Waals surface area contributed by atoms with Crippen LogP contribution in [0.4, 0.5) is 0 Å².